The van der Waals surface area contributed by atoms with Crippen LogP contribution in [-0.2, 0) is 17.6 Å². The Hall–Kier alpha value is -3.34. The summed E-state index contributed by atoms with van der Waals surface area (Å²) in [7, 11) is 0. The summed E-state index contributed by atoms with van der Waals surface area (Å²) in [6, 6.07) is 14.6. The van der Waals surface area contributed by atoms with Crippen LogP contribution in [0.3, 0.4) is 0 Å². The van der Waals surface area contributed by atoms with Gasteiger partial charge in [-0.05, 0) is 68.0 Å². The minimum atomic E-state index is 0.0195. The van der Waals surface area contributed by atoms with Gasteiger partial charge in [-0.3, -0.25) is 4.79 Å². The van der Waals surface area contributed by atoms with Gasteiger partial charge in [0.05, 0.1) is 24.3 Å². The Morgan fingerprint density at radius 1 is 1.20 bits per heavy atom. The number of aryl methyl sites for hydroxylation is 2. The molecule has 30 heavy (non-hydrogen) atoms. The summed E-state index contributed by atoms with van der Waals surface area (Å²) in [4.78, 5) is 16.1. The molecule has 0 aliphatic heterocycles. The molecule has 1 aliphatic carbocycles. The number of carbonyl (C=O) groups excluding carboxylic acids is 1. The molecule has 0 saturated heterocycles. The number of para-hydroxylation sites is 1. The van der Waals surface area contributed by atoms with Crippen LogP contribution in [0.25, 0.3) is 16.6 Å². The van der Waals surface area contributed by atoms with Gasteiger partial charge >= 0.3 is 0 Å². The summed E-state index contributed by atoms with van der Waals surface area (Å²) in [5.41, 5.74) is 8.01. The first-order valence-electron chi connectivity index (χ1n) is 10.6. The van der Waals surface area contributed by atoms with Gasteiger partial charge in [-0.15, -0.1) is 0 Å². The first-order valence-corrected chi connectivity index (χ1v) is 10.6. The van der Waals surface area contributed by atoms with E-state index in [1.807, 2.05) is 35.3 Å². The first-order chi connectivity index (χ1) is 14.6. The SMILES string of the molecule is Cc1cc(C)cc(-n2ncc3c2CCC[C@@H]3NC(=O)Cc2c[nH]c3ccccc23)c1. The summed E-state index contributed by atoms with van der Waals surface area (Å²) in [5.74, 6) is 0.0525. The van der Waals surface area contributed by atoms with Crippen LogP contribution in [0.5, 0.6) is 0 Å². The summed E-state index contributed by atoms with van der Waals surface area (Å²) in [6.45, 7) is 4.22. The lowest BCUT2D eigenvalue weighted by Crippen LogP contribution is -2.32. The van der Waals surface area contributed by atoms with Crippen molar-refractivity contribution < 1.29 is 4.79 Å². The number of rotatable bonds is 4. The van der Waals surface area contributed by atoms with Crippen molar-refractivity contribution in [3.8, 4) is 5.69 Å². The van der Waals surface area contributed by atoms with Crippen molar-refractivity contribution in [3.63, 3.8) is 0 Å². The van der Waals surface area contributed by atoms with Gasteiger partial charge in [0.25, 0.3) is 0 Å². The van der Waals surface area contributed by atoms with E-state index in [1.165, 1.54) is 16.8 Å². The van der Waals surface area contributed by atoms with Crippen molar-refractivity contribution in [2.24, 2.45) is 0 Å². The molecule has 5 nitrogen and oxygen atoms in total. The molecule has 2 heterocycles. The minimum absolute atomic E-state index is 0.0195. The largest absolute Gasteiger partial charge is 0.361 e. The maximum absolute atomic E-state index is 12.8. The zero-order valence-electron chi connectivity index (χ0n) is 17.4. The van der Waals surface area contributed by atoms with Crippen molar-refractivity contribution in [1.29, 1.82) is 0 Å². The van der Waals surface area contributed by atoms with Gasteiger partial charge in [0.2, 0.25) is 5.91 Å². The number of aromatic nitrogens is 3. The molecule has 5 heteroatoms. The normalized spacial score (nSPS) is 15.9. The molecule has 5 rings (SSSR count). The van der Waals surface area contributed by atoms with Crippen LogP contribution in [0.1, 0.15) is 46.8 Å². The van der Waals surface area contributed by atoms with Crippen molar-refractivity contribution in [3.05, 3.63) is 82.8 Å². The van der Waals surface area contributed by atoms with Crippen LogP contribution in [0.15, 0.2) is 54.9 Å². The molecule has 0 bridgehead atoms. The van der Waals surface area contributed by atoms with E-state index >= 15 is 0 Å². The third-order valence-corrected chi connectivity index (χ3v) is 6.00. The zero-order valence-corrected chi connectivity index (χ0v) is 17.4. The Morgan fingerprint density at radius 2 is 2.00 bits per heavy atom. The molecular weight excluding hydrogens is 372 g/mol. The van der Waals surface area contributed by atoms with Gasteiger partial charge in [-0.25, -0.2) is 4.68 Å². The predicted molar refractivity (Wildman–Crippen MR) is 119 cm³/mol. The lowest BCUT2D eigenvalue weighted by molar-refractivity contribution is -0.121. The molecule has 2 N–H and O–H groups in total. The number of benzene rings is 2. The van der Waals surface area contributed by atoms with Crippen molar-refractivity contribution in [2.75, 3.05) is 0 Å². The third kappa shape index (κ3) is 3.41. The number of nitrogens with one attached hydrogen (secondary N) is 2. The van der Waals surface area contributed by atoms with Crippen molar-refractivity contribution in [2.45, 2.75) is 45.6 Å². The van der Waals surface area contributed by atoms with Crippen LogP contribution in [0, 0.1) is 13.8 Å². The lowest BCUT2D eigenvalue weighted by atomic mass is 9.92. The molecule has 0 unspecified atom stereocenters. The molecule has 2 aromatic heterocycles. The molecule has 4 aromatic rings. The topological polar surface area (TPSA) is 62.7 Å². The number of amides is 1. The second kappa shape index (κ2) is 7.48. The Labute approximate surface area is 176 Å². The van der Waals surface area contributed by atoms with E-state index in [0.717, 1.165) is 47.0 Å². The van der Waals surface area contributed by atoms with Crippen LogP contribution in [0.2, 0.25) is 0 Å². The average molecular weight is 399 g/mol. The van der Waals surface area contributed by atoms with E-state index in [2.05, 4.69) is 53.5 Å². The van der Waals surface area contributed by atoms with Crippen LogP contribution in [-0.4, -0.2) is 20.7 Å². The average Bonchev–Trinajstić information content (AvgIpc) is 3.32. The third-order valence-electron chi connectivity index (χ3n) is 6.00. The highest BCUT2D eigenvalue weighted by Gasteiger charge is 2.26. The standard InChI is InChI=1S/C25H26N4O/c1-16-10-17(2)12-19(11-16)29-24-9-5-8-23(21(24)15-27-29)28-25(30)13-18-14-26-22-7-4-3-6-20(18)22/h3-4,6-7,10-12,14-15,23,26H,5,8-9,13H2,1-2H3,(H,28,30)/t23-/m0/s1. The number of carbonyl (C=O) groups is 1. The lowest BCUT2D eigenvalue weighted by Gasteiger charge is -2.24. The molecule has 152 valence electrons. The summed E-state index contributed by atoms with van der Waals surface area (Å²) in [5, 5.41) is 9.06. The summed E-state index contributed by atoms with van der Waals surface area (Å²) in [6.07, 6.45) is 7.22. The second-order valence-corrected chi connectivity index (χ2v) is 8.35. The van der Waals surface area contributed by atoms with Crippen LogP contribution >= 0.6 is 0 Å². The molecule has 2 aromatic carbocycles. The van der Waals surface area contributed by atoms with Gasteiger partial charge in [0.1, 0.15) is 0 Å². The number of H-pyrrole nitrogens is 1. The molecule has 1 amide bonds. The Balaban J connectivity index is 1.37. The van der Waals surface area contributed by atoms with E-state index in [4.69, 9.17) is 0 Å². The molecule has 1 atom stereocenters. The predicted octanol–water partition coefficient (Wildman–Crippen LogP) is 4.71. The zero-order chi connectivity index (χ0) is 20.7. The maximum Gasteiger partial charge on any atom is 0.224 e. The van der Waals surface area contributed by atoms with E-state index in [1.54, 1.807) is 0 Å². The quantitative estimate of drug-likeness (QED) is 0.523. The molecule has 1 aliphatic rings. The Morgan fingerprint density at radius 3 is 2.83 bits per heavy atom. The van der Waals surface area contributed by atoms with E-state index in [9.17, 15) is 4.79 Å². The fourth-order valence-electron chi connectivity index (χ4n) is 4.70. The highest BCUT2D eigenvalue weighted by atomic mass is 16.1. The van der Waals surface area contributed by atoms with Gasteiger partial charge in [0.15, 0.2) is 0 Å². The highest BCUT2D eigenvalue weighted by molar-refractivity contribution is 5.89. The van der Waals surface area contributed by atoms with Gasteiger partial charge in [-0.2, -0.15) is 5.10 Å². The second-order valence-electron chi connectivity index (χ2n) is 8.35. The van der Waals surface area contributed by atoms with Gasteiger partial charge < -0.3 is 10.3 Å². The number of aromatic amines is 1. The first kappa shape index (κ1) is 18.7. The molecule has 0 saturated carbocycles. The number of hydrogen-bond donors (Lipinski definition) is 2. The molecular formula is C25H26N4O. The van der Waals surface area contributed by atoms with Crippen molar-refractivity contribution >= 4 is 16.8 Å². The smallest absolute Gasteiger partial charge is 0.224 e. The summed E-state index contributed by atoms with van der Waals surface area (Å²) >= 11 is 0. The number of hydrogen-bond acceptors (Lipinski definition) is 2. The van der Waals surface area contributed by atoms with Crippen LogP contribution in [0.4, 0.5) is 0 Å². The van der Waals surface area contributed by atoms with E-state index in [-0.39, 0.29) is 11.9 Å². The van der Waals surface area contributed by atoms with Crippen molar-refractivity contribution in [1.82, 2.24) is 20.1 Å². The van der Waals surface area contributed by atoms with E-state index in [0.29, 0.717) is 6.42 Å². The maximum atomic E-state index is 12.8. The molecule has 0 spiro atoms. The Bertz CT molecular complexity index is 1210. The number of nitrogens with zero attached hydrogens (tertiary/aromatic N) is 2. The molecule has 0 radical (unpaired) electrons. The van der Waals surface area contributed by atoms with E-state index < -0.39 is 0 Å². The van der Waals surface area contributed by atoms with Gasteiger partial charge in [0, 0.05) is 28.4 Å². The minimum Gasteiger partial charge on any atom is -0.361 e. The highest BCUT2D eigenvalue weighted by Crippen LogP contribution is 2.31. The molecule has 0 fully saturated rings. The Kier molecular flexibility index (Phi) is 4.66. The summed E-state index contributed by atoms with van der Waals surface area (Å²) < 4.78 is 2.05. The number of fused-ring (bicyclic) bond motifs is 2. The fraction of sp³-hybridized carbons (Fsp3) is 0.280. The van der Waals surface area contributed by atoms with Gasteiger partial charge in [-0.1, -0.05) is 24.3 Å². The fourth-order valence-corrected chi connectivity index (χ4v) is 4.70. The monoisotopic (exact) mass is 398 g/mol. The van der Waals surface area contributed by atoms with Crippen LogP contribution < -0.4 is 5.32 Å².